The summed E-state index contributed by atoms with van der Waals surface area (Å²) < 4.78 is 29.8. The number of nitrogens with zero attached hydrogens (tertiary/aromatic N) is 5. The summed E-state index contributed by atoms with van der Waals surface area (Å²) >= 11 is 0. The number of ketones is 1. The van der Waals surface area contributed by atoms with Gasteiger partial charge in [-0.3, -0.25) is 9.59 Å². The lowest BCUT2D eigenvalue weighted by Crippen LogP contribution is -2.44. The van der Waals surface area contributed by atoms with Crippen LogP contribution in [0.2, 0.25) is 0 Å². The highest BCUT2D eigenvalue weighted by Crippen LogP contribution is 2.37. The molecule has 2 amide bonds. The number of benzene rings is 2. The highest BCUT2D eigenvalue weighted by atomic mass is 19.1. The van der Waals surface area contributed by atoms with Crippen LogP contribution in [0.1, 0.15) is 101 Å². The van der Waals surface area contributed by atoms with Gasteiger partial charge in [-0.05, 0) is 120 Å². The Bertz CT molecular complexity index is 2250. The number of aromatic nitrogens is 4. The molecular formula is C42H46FN5O6. The number of carbonyl (C=O) groups is 3. The van der Waals surface area contributed by atoms with Gasteiger partial charge in [-0.1, -0.05) is 37.1 Å². The van der Waals surface area contributed by atoms with Gasteiger partial charge in [-0.15, -0.1) is 0 Å². The maximum Gasteiger partial charge on any atom is 0.425 e. The number of hydrogen-bond acceptors (Lipinski definition) is 8. The molecule has 0 N–H and O–H groups in total. The molecule has 3 heterocycles. The minimum Gasteiger partial charge on any atom is -0.443 e. The van der Waals surface area contributed by atoms with Crippen LogP contribution in [-0.4, -0.2) is 48.5 Å². The number of anilines is 1. The van der Waals surface area contributed by atoms with E-state index in [0.29, 0.717) is 28.1 Å². The zero-order valence-corrected chi connectivity index (χ0v) is 31.8. The van der Waals surface area contributed by atoms with Crippen molar-refractivity contribution in [2.45, 2.75) is 97.8 Å². The Hall–Kier alpha value is -5.65. The van der Waals surface area contributed by atoms with Crippen molar-refractivity contribution in [2.24, 2.45) is 5.92 Å². The lowest BCUT2D eigenvalue weighted by Gasteiger charge is -2.28. The minimum atomic E-state index is -0.968. The van der Waals surface area contributed by atoms with Crippen molar-refractivity contribution in [3.05, 3.63) is 118 Å². The third-order valence-corrected chi connectivity index (χ3v) is 8.99. The molecule has 12 heteroatoms. The number of imide groups is 1. The molecule has 2 aromatic carbocycles. The predicted molar refractivity (Wildman–Crippen MR) is 204 cm³/mol. The second kappa shape index (κ2) is 15.0. The Kier molecular flexibility index (Phi) is 10.6. The smallest absolute Gasteiger partial charge is 0.425 e. The summed E-state index contributed by atoms with van der Waals surface area (Å²) in [6, 6.07) is 18.0. The first-order valence-corrected chi connectivity index (χ1v) is 18.2. The molecule has 0 bridgehead atoms. The van der Waals surface area contributed by atoms with Gasteiger partial charge in [-0.2, -0.15) is 10.00 Å². The SMILES string of the molecule is Cc1cc(C(=O)Cc2cc(C(CCC3CC3)n3ccccc3=O)ccc2F)n(-c2ccc3ccnc(N(C(=O)OC(C)(C)C)C(=O)OC(C)(C)C)c3c2)n1. The Labute approximate surface area is 313 Å². The standard InChI is InChI=1S/C42H46FN5O6/c1-26-22-35(36(49)24-30-23-29(15-17-33(30)43)34(18-13-27-11-12-27)46-21-9-8-10-37(46)50)48(45-26)31-16-14-28-19-20-44-38(32(28)25-31)47(39(51)53-41(2,3)4)40(52)54-42(5,6)7/h8-10,14-17,19-23,25,27,34H,11-13,18,24H2,1-7H3. The maximum absolute atomic E-state index is 15.4. The molecule has 3 aromatic heterocycles. The van der Waals surface area contributed by atoms with Crippen molar-refractivity contribution in [3.8, 4) is 5.69 Å². The number of amides is 2. The van der Waals surface area contributed by atoms with Crippen LogP contribution in [0.4, 0.5) is 19.8 Å². The quantitative estimate of drug-likeness (QED) is 0.130. The van der Waals surface area contributed by atoms with Crippen LogP contribution in [0, 0.1) is 18.7 Å². The molecule has 6 rings (SSSR count). The molecule has 11 nitrogen and oxygen atoms in total. The lowest BCUT2D eigenvalue weighted by atomic mass is 9.96. The fourth-order valence-electron chi connectivity index (χ4n) is 6.37. The molecule has 1 atom stereocenters. The van der Waals surface area contributed by atoms with Crippen molar-refractivity contribution in [1.29, 1.82) is 0 Å². The van der Waals surface area contributed by atoms with Crippen molar-refractivity contribution in [2.75, 3.05) is 4.90 Å². The van der Waals surface area contributed by atoms with E-state index in [0.717, 1.165) is 23.3 Å². The summed E-state index contributed by atoms with van der Waals surface area (Å²) in [6.45, 7) is 11.9. The Morgan fingerprint density at radius 2 is 1.63 bits per heavy atom. The van der Waals surface area contributed by atoms with E-state index in [9.17, 15) is 19.2 Å². The first-order valence-electron chi connectivity index (χ1n) is 18.2. The molecule has 1 fully saturated rings. The Morgan fingerprint density at radius 1 is 0.926 bits per heavy atom. The number of fused-ring (bicyclic) bond motifs is 1. The lowest BCUT2D eigenvalue weighted by molar-refractivity contribution is 0.0429. The van der Waals surface area contributed by atoms with Gasteiger partial charge in [0, 0.05) is 30.3 Å². The molecule has 0 spiro atoms. The van der Waals surface area contributed by atoms with Gasteiger partial charge in [0.25, 0.3) is 5.56 Å². The van der Waals surface area contributed by atoms with E-state index in [1.54, 1.807) is 114 Å². The van der Waals surface area contributed by atoms with Crippen molar-refractivity contribution >= 4 is 34.6 Å². The van der Waals surface area contributed by atoms with Gasteiger partial charge in [0.15, 0.2) is 11.6 Å². The van der Waals surface area contributed by atoms with E-state index >= 15 is 4.39 Å². The molecule has 282 valence electrons. The summed E-state index contributed by atoms with van der Waals surface area (Å²) in [7, 11) is 0. The van der Waals surface area contributed by atoms with Crippen LogP contribution in [0.5, 0.6) is 0 Å². The molecule has 54 heavy (non-hydrogen) atoms. The van der Waals surface area contributed by atoms with Gasteiger partial charge in [0.05, 0.1) is 17.4 Å². The van der Waals surface area contributed by atoms with Crippen LogP contribution in [0.15, 0.2) is 83.9 Å². The number of carbonyl (C=O) groups excluding carboxylic acids is 3. The van der Waals surface area contributed by atoms with Crippen LogP contribution in [0.3, 0.4) is 0 Å². The second-order valence-electron chi connectivity index (χ2n) is 15.9. The summed E-state index contributed by atoms with van der Waals surface area (Å²) in [6.07, 6.45) is 5.05. The number of pyridine rings is 2. The molecule has 1 aliphatic carbocycles. The first-order chi connectivity index (χ1) is 25.5. The molecule has 1 saturated carbocycles. The maximum atomic E-state index is 15.4. The van der Waals surface area contributed by atoms with Crippen LogP contribution in [-0.2, 0) is 15.9 Å². The van der Waals surface area contributed by atoms with Crippen LogP contribution in [0.25, 0.3) is 16.5 Å². The molecular weight excluding hydrogens is 689 g/mol. The van der Waals surface area contributed by atoms with Gasteiger partial charge < -0.3 is 14.0 Å². The molecule has 0 saturated heterocycles. The van der Waals surface area contributed by atoms with Gasteiger partial charge in [0.1, 0.15) is 22.7 Å². The van der Waals surface area contributed by atoms with E-state index in [2.05, 4.69) is 10.1 Å². The Balaban J connectivity index is 1.36. The summed E-state index contributed by atoms with van der Waals surface area (Å²) in [5.41, 5.74) is 0.170. The third kappa shape index (κ3) is 8.92. The zero-order chi connectivity index (χ0) is 38.9. The van der Waals surface area contributed by atoms with E-state index in [1.165, 1.54) is 35.9 Å². The minimum absolute atomic E-state index is 0.0257. The average Bonchev–Trinajstić information content (AvgIpc) is 3.83. The summed E-state index contributed by atoms with van der Waals surface area (Å²) in [4.78, 5) is 59.1. The normalized spacial score (nSPS) is 13.8. The fourth-order valence-corrected chi connectivity index (χ4v) is 6.37. The number of halogens is 1. The van der Waals surface area contributed by atoms with Gasteiger partial charge >= 0.3 is 12.2 Å². The highest BCUT2D eigenvalue weighted by Gasteiger charge is 2.35. The van der Waals surface area contributed by atoms with Crippen molar-refractivity contribution < 1.29 is 28.2 Å². The van der Waals surface area contributed by atoms with Crippen LogP contribution >= 0.6 is 0 Å². The van der Waals surface area contributed by atoms with E-state index in [4.69, 9.17) is 9.47 Å². The highest BCUT2D eigenvalue weighted by molar-refractivity contribution is 6.14. The molecule has 0 aliphatic heterocycles. The number of aryl methyl sites for hydroxylation is 1. The zero-order valence-electron chi connectivity index (χ0n) is 31.8. The molecule has 1 unspecified atom stereocenters. The van der Waals surface area contributed by atoms with Crippen molar-refractivity contribution in [1.82, 2.24) is 19.3 Å². The molecule has 5 aromatic rings. The number of ether oxygens (including phenoxy) is 2. The molecule has 1 aliphatic rings. The summed E-state index contributed by atoms with van der Waals surface area (Å²) in [5.74, 6) is -0.297. The Morgan fingerprint density at radius 3 is 2.28 bits per heavy atom. The second-order valence-corrected chi connectivity index (χ2v) is 15.9. The van der Waals surface area contributed by atoms with Crippen molar-refractivity contribution in [3.63, 3.8) is 0 Å². The molecule has 0 radical (unpaired) electrons. The van der Waals surface area contributed by atoms with Gasteiger partial charge in [-0.25, -0.2) is 23.6 Å². The first kappa shape index (κ1) is 38.1. The van der Waals surface area contributed by atoms with Gasteiger partial charge in [0.2, 0.25) is 0 Å². The average molecular weight is 736 g/mol. The van der Waals surface area contributed by atoms with E-state index in [1.807, 2.05) is 0 Å². The third-order valence-electron chi connectivity index (χ3n) is 8.99. The van der Waals surface area contributed by atoms with E-state index in [-0.39, 0.29) is 40.9 Å². The fraction of sp³-hybridized carbons (Fsp3) is 0.381. The van der Waals surface area contributed by atoms with E-state index < -0.39 is 29.2 Å². The van der Waals surface area contributed by atoms with Crippen LogP contribution < -0.4 is 10.5 Å². The number of rotatable bonds is 10. The monoisotopic (exact) mass is 735 g/mol. The largest absolute Gasteiger partial charge is 0.443 e. The topological polar surface area (TPSA) is 126 Å². The number of Topliss-reactive ketones (excluding diaryl/α,β-unsaturated/α-hetero) is 1. The number of hydrogen-bond donors (Lipinski definition) is 0. The predicted octanol–water partition coefficient (Wildman–Crippen LogP) is 8.91. The summed E-state index contributed by atoms with van der Waals surface area (Å²) in [5, 5.41) is 5.64.